The molecule has 0 aromatic heterocycles. The second kappa shape index (κ2) is 10.3. The van der Waals surface area contributed by atoms with E-state index in [9.17, 15) is 19.5 Å². The minimum absolute atomic E-state index is 0.0221. The van der Waals surface area contributed by atoms with Crippen molar-refractivity contribution in [2.45, 2.75) is 32.2 Å². The number of ether oxygens (including phenoxy) is 2. The molecule has 3 aromatic rings. The standard InChI is InChI=1S/C31H31NO6/c1-18(2)28-26-22(17-32(28)29(33)19-10-6-4-7-11-19)14-21-15-24(37-3)25(16-23(21)27(26)30(34)35)38-31(36)20-12-8-5-9-13-20/h4-13,15-16,18,22,26-28H,14,17H2,1-3H3,(H,34,35)/t22-,26-,27-,28-/m0/s1. The molecule has 0 radical (unpaired) electrons. The Morgan fingerprint density at radius 1 is 0.921 bits per heavy atom. The molecule has 196 valence electrons. The number of methoxy groups -OCH3 is 1. The van der Waals surface area contributed by atoms with Gasteiger partial charge in [0.05, 0.1) is 18.6 Å². The third-order valence-electron chi connectivity index (χ3n) is 7.80. The quantitative estimate of drug-likeness (QED) is 0.366. The zero-order valence-electron chi connectivity index (χ0n) is 21.7. The Morgan fingerprint density at radius 2 is 1.55 bits per heavy atom. The number of carbonyl (C=O) groups is 3. The Hall–Kier alpha value is -4.13. The van der Waals surface area contributed by atoms with Crippen LogP contribution in [0.15, 0.2) is 72.8 Å². The summed E-state index contributed by atoms with van der Waals surface area (Å²) in [4.78, 5) is 41.1. The molecule has 1 aliphatic carbocycles. The lowest BCUT2D eigenvalue weighted by Gasteiger charge is -2.38. The lowest BCUT2D eigenvalue weighted by molar-refractivity contribution is -0.141. The number of rotatable bonds is 6. The number of carboxylic acid groups (broad SMARTS) is 1. The van der Waals surface area contributed by atoms with E-state index in [4.69, 9.17) is 9.47 Å². The van der Waals surface area contributed by atoms with Crippen molar-refractivity contribution >= 4 is 17.8 Å². The number of benzene rings is 3. The van der Waals surface area contributed by atoms with Gasteiger partial charge in [-0.1, -0.05) is 50.2 Å². The van der Waals surface area contributed by atoms with Crippen LogP contribution in [0.5, 0.6) is 11.5 Å². The Kier molecular flexibility index (Phi) is 6.93. The van der Waals surface area contributed by atoms with Gasteiger partial charge in [-0.2, -0.15) is 0 Å². The van der Waals surface area contributed by atoms with Gasteiger partial charge in [0.2, 0.25) is 0 Å². The number of likely N-dealkylation sites (tertiary alicyclic amines) is 1. The first-order valence-corrected chi connectivity index (χ1v) is 12.9. The molecule has 7 heteroatoms. The summed E-state index contributed by atoms with van der Waals surface area (Å²) in [6.07, 6.45) is 0.606. The Balaban J connectivity index is 1.54. The molecule has 7 nitrogen and oxygen atoms in total. The lowest BCUT2D eigenvalue weighted by Crippen LogP contribution is -2.44. The number of carbonyl (C=O) groups excluding carboxylic acids is 2. The fraction of sp³-hybridized carbons (Fsp3) is 0.323. The van der Waals surface area contributed by atoms with E-state index in [1.807, 2.05) is 43.0 Å². The minimum atomic E-state index is -0.953. The molecule has 0 unspecified atom stereocenters. The Labute approximate surface area is 222 Å². The molecule has 1 amide bonds. The van der Waals surface area contributed by atoms with Crippen LogP contribution in [0.4, 0.5) is 0 Å². The van der Waals surface area contributed by atoms with Crippen LogP contribution in [0.2, 0.25) is 0 Å². The number of hydrogen-bond donors (Lipinski definition) is 1. The van der Waals surface area contributed by atoms with Gasteiger partial charge in [0.1, 0.15) is 0 Å². The SMILES string of the molecule is COc1cc2c(cc1OC(=O)c1ccccc1)[C@H](C(=O)O)[C@@H]1[C@@H](C2)CN(C(=O)c2ccccc2)[C@H]1C(C)C. The van der Waals surface area contributed by atoms with E-state index in [1.54, 1.807) is 48.5 Å². The third kappa shape index (κ3) is 4.53. The van der Waals surface area contributed by atoms with Crippen molar-refractivity contribution in [3.8, 4) is 11.5 Å². The molecule has 38 heavy (non-hydrogen) atoms. The van der Waals surface area contributed by atoms with Crippen molar-refractivity contribution in [1.82, 2.24) is 4.90 Å². The van der Waals surface area contributed by atoms with Gasteiger partial charge in [0.25, 0.3) is 5.91 Å². The summed E-state index contributed by atoms with van der Waals surface area (Å²) < 4.78 is 11.2. The second-order valence-corrected chi connectivity index (χ2v) is 10.4. The van der Waals surface area contributed by atoms with Crippen LogP contribution in [-0.2, 0) is 11.2 Å². The van der Waals surface area contributed by atoms with Crippen molar-refractivity contribution in [2.24, 2.45) is 17.8 Å². The molecular weight excluding hydrogens is 482 g/mol. The number of amides is 1. The number of carboxylic acids is 1. The molecule has 1 N–H and O–H groups in total. The molecular formula is C31H31NO6. The smallest absolute Gasteiger partial charge is 0.343 e. The number of nitrogens with zero attached hydrogens (tertiary/aromatic N) is 1. The molecule has 1 saturated heterocycles. The van der Waals surface area contributed by atoms with Crippen LogP contribution in [0.25, 0.3) is 0 Å². The van der Waals surface area contributed by atoms with Gasteiger partial charge in [-0.05, 0) is 65.8 Å². The van der Waals surface area contributed by atoms with E-state index in [-0.39, 0.29) is 35.5 Å². The highest BCUT2D eigenvalue weighted by atomic mass is 16.6. The number of hydrogen-bond acceptors (Lipinski definition) is 5. The largest absolute Gasteiger partial charge is 0.493 e. The van der Waals surface area contributed by atoms with Gasteiger partial charge in [-0.25, -0.2) is 4.79 Å². The Bertz CT molecular complexity index is 1350. The molecule has 0 saturated carbocycles. The van der Waals surface area contributed by atoms with Crippen molar-refractivity contribution in [3.63, 3.8) is 0 Å². The van der Waals surface area contributed by atoms with E-state index >= 15 is 0 Å². The second-order valence-electron chi connectivity index (χ2n) is 10.4. The summed E-state index contributed by atoms with van der Waals surface area (Å²) in [7, 11) is 1.49. The predicted octanol–water partition coefficient (Wildman–Crippen LogP) is 5.05. The highest BCUT2D eigenvalue weighted by Gasteiger charge is 2.53. The average molecular weight is 514 g/mol. The maximum atomic E-state index is 13.6. The molecule has 2 aliphatic rings. The van der Waals surface area contributed by atoms with Gasteiger partial charge >= 0.3 is 11.9 Å². The van der Waals surface area contributed by atoms with Crippen LogP contribution >= 0.6 is 0 Å². The summed E-state index contributed by atoms with van der Waals surface area (Å²) in [5.74, 6) is -2.14. The third-order valence-corrected chi connectivity index (χ3v) is 7.80. The van der Waals surface area contributed by atoms with E-state index in [2.05, 4.69) is 0 Å². The summed E-state index contributed by atoms with van der Waals surface area (Å²) in [6.45, 7) is 4.55. The molecule has 3 aromatic carbocycles. The number of esters is 1. The maximum Gasteiger partial charge on any atom is 0.343 e. The molecule has 1 fully saturated rings. The van der Waals surface area contributed by atoms with Gasteiger partial charge in [-0.3, -0.25) is 9.59 Å². The van der Waals surface area contributed by atoms with Crippen molar-refractivity contribution in [3.05, 3.63) is 95.1 Å². The van der Waals surface area contributed by atoms with Gasteiger partial charge in [0, 0.05) is 24.1 Å². The normalized spacial score (nSPS) is 21.9. The highest BCUT2D eigenvalue weighted by Crippen LogP contribution is 2.51. The van der Waals surface area contributed by atoms with Gasteiger partial charge in [-0.15, -0.1) is 0 Å². The summed E-state index contributed by atoms with van der Waals surface area (Å²) in [5, 5.41) is 10.5. The zero-order chi connectivity index (χ0) is 27.0. The fourth-order valence-corrected chi connectivity index (χ4v) is 6.27. The predicted molar refractivity (Wildman–Crippen MR) is 142 cm³/mol. The van der Waals surface area contributed by atoms with Crippen LogP contribution in [-0.4, -0.2) is 47.5 Å². The summed E-state index contributed by atoms with van der Waals surface area (Å²) >= 11 is 0. The monoisotopic (exact) mass is 513 g/mol. The first kappa shape index (κ1) is 25.5. The van der Waals surface area contributed by atoms with Crippen LogP contribution in [0.1, 0.15) is 51.6 Å². The van der Waals surface area contributed by atoms with E-state index in [0.29, 0.717) is 35.4 Å². The number of aliphatic carboxylic acids is 1. The molecule has 0 bridgehead atoms. The lowest BCUT2D eigenvalue weighted by atomic mass is 9.66. The summed E-state index contributed by atoms with van der Waals surface area (Å²) in [6, 6.07) is 20.9. The van der Waals surface area contributed by atoms with Crippen molar-refractivity contribution < 1.29 is 29.0 Å². The fourth-order valence-electron chi connectivity index (χ4n) is 6.27. The van der Waals surface area contributed by atoms with Crippen molar-refractivity contribution in [1.29, 1.82) is 0 Å². The minimum Gasteiger partial charge on any atom is -0.493 e. The molecule has 5 rings (SSSR count). The first-order valence-electron chi connectivity index (χ1n) is 12.9. The van der Waals surface area contributed by atoms with Crippen LogP contribution < -0.4 is 9.47 Å². The Morgan fingerprint density at radius 3 is 2.13 bits per heavy atom. The van der Waals surface area contributed by atoms with E-state index in [0.717, 1.165) is 5.56 Å². The number of fused-ring (bicyclic) bond motifs is 2. The van der Waals surface area contributed by atoms with Gasteiger partial charge < -0.3 is 19.5 Å². The topological polar surface area (TPSA) is 93.1 Å². The van der Waals surface area contributed by atoms with E-state index < -0.39 is 17.9 Å². The average Bonchev–Trinajstić information content (AvgIpc) is 3.30. The first-order chi connectivity index (χ1) is 18.3. The molecule has 4 atom stereocenters. The molecule has 0 spiro atoms. The van der Waals surface area contributed by atoms with Crippen molar-refractivity contribution in [2.75, 3.05) is 13.7 Å². The highest BCUT2D eigenvalue weighted by molar-refractivity contribution is 5.95. The summed E-state index contributed by atoms with van der Waals surface area (Å²) in [5.41, 5.74) is 2.42. The molecule has 1 heterocycles. The van der Waals surface area contributed by atoms with Crippen LogP contribution in [0, 0.1) is 17.8 Å². The van der Waals surface area contributed by atoms with E-state index in [1.165, 1.54) is 7.11 Å². The maximum absolute atomic E-state index is 13.6. The van der Waals surface area contributed by atoms with Gasteiger partial charge in [0.15, 0.2) is 11.5 Å². The van der Waals surface area contributed by atoms with Crippen LogP contribution in [0.3, 0.4) is 0 Å². The molecule has 1 aliphatic heterocycles. The zero-order valence-corrected chi connectivity index (χ0v) is 21.7.